The lowest BCUT2D eigenvalue weighted by Crippen LogP contribution is -2.34. The van der Waals surface area contributed by atoms with E-state index in [9.17, 15) is 19.8 Å². The van der Waals surface area contributed by atoms with Gasteiger partial charge in [-0.05, 0) is 38.5 Å². The molecule has 0 radical (unpaired) electrons. The van der Waals surface area contributed by atoms with Crippen molar-refractivity contribution in [3.63, 3.8) is 0 Å². The van der Waals surface area contributed by atoms with Crippen LogP contribution in [0.3, 0.4) is 0 Å². The summed E-state index contributed by atoms with van der Waals surface area (Å²) in [4.78, 5) is 24.1. The van der Waals surface area contributed by atoms with Gasteiger partial charge in [-0.1, -0.05) is 155 Å². The second-order valence-electron chi connectivity index (χ2n) is 13.4. The van der Waals surface area contributed by atoms with Gasteiger partial charge in [-0.15, -0.1) is 0 Å². The van der Waals surface area contributed by atoms with E-state index in [0.29, 0.717) is 25.9 Å². The number of aliphatic hydroxyl groups excluding tert-OH is 2. The highest BCUT2D eigenvalue weighted by Crippen LogP contribution is 2.16. The van der Waals surface area contributed by atoms with Crippen molar-refractivity contribution in [3.8, 4) is 0 Å². The van der Waals surface area contributed by atoms with E-state index in [2.05, 4.69) is 24.5 Å². The van der Waals surface area contributed by atoms with Crippen LogP contribution in [0.15, 0.2) is 0 Å². The number of aliphatic hydroxyl groups is 2. The molecule has 6 heteroatoms. The molecule has 0 aliphatic carbocycles. The molecule has 262 valence electrons. The van der Waals surface area contributed by atoms with Gasteiger partial charge < -0.3 is 20.8 Å². The fourth-order valence-corrected chi connectivity index (χ4v) is 5.94. The van der Waals surface area contributed by atoms with Gasteiger partial charge in [0, 0.05) is 25.9 Å². The quantitative estimate of drug-likeness (QED) is 0.0528. The van der Waals surface area contributed by atoms with Gasteiger partial charge in [0.2, 0.25) is 11.8 Å². The molecule has 0 bridgehead atoms. The summed E-state index contributed by atoms with van der Waals surface area (Å²) in [6.07, 6.45) is 33.4. The summed E-state index contributed by atoms with van der Waals surface area (Å²) in [5, 5.41) is 25.9. The van der Waals surface area contributed by atoms with Gasteiger partial charge in [0.25, 0.3) is 0 Å². The van der Waals surface area contributed by atoms with Crippen molar-refractivity contribution in [1.82, 2.24) is 10.6 Å². The van der Waals surface area contributed by atoms with Crippen LogP contribution in [0.5, 0.6) is 0 Å². The third-order valence-corrected chi connectivity index (χ3v) is 8.93. The average molecular weight is 625 g/mol. The van der Waals surface area contributed by atoms with Gasteiger partial charge >= 0.3 is 0 Å². The van der Waals surface area contributed by atoms with Crippen LogP contribution in [0.4, 0.5) is 0 Å². The van der Waals surface area contributed by atoms with Crippen LogP contribution >= 0.6 is 0 Å². The minimum Gasteiger partial charge on any atom is -0.393 e. The van der Waals surface area contributed by atoms with Crippen LogP contribution in [-0.4, -0.2) is 47.3 Å². The van der Waals surface area contributed by atoms with Crippen LogP contribution in [0.25, 0.3) is 0 Å². The lowest BCUT2D eigenvalue weighted by molar-refractivity contribution is -0.123. The molecule has 0 fully saturated rings. The van der Waals surface area contributed by atoms with Crippen molar-refractivity contribution in [2.24, 2.45) is 0 Å². The van der Waals surface area contributed by atoms with E-state index in [-0.39, 0.29) is 24.0 Å². The van der Waals surface area contributed by atoms with Gasteiger partial charge in [0.05, 0.1) is 12.2 Å². The molecule has 0 heterocycles. The summed E-state index contributed by atoms with van der Waals surface area (Å²) < 4.78 is 0. The van der Waals surface area contributed by atoms with E-state index in [1.165, 1.54) is 116 Å². The summed E-state index contributed by atoms with van der Waals surface area (Å²) in [6, 6.07) is 0. The molecular formula is C38H76N2O4. The Morgan fingerprint density at radius 2 is 0.659 bits per heavy atom. The molecule has 0 unspecified atom stereocenters. The molecule has 4 N–H and O–H groups in total. The zero-order valence-corrected chi connectivity index (χ0v) is 29.5. The third-order valence-electron chi connectivity index (χ3n) is 8.93. The lowest BCUT2D eigenvalue weighted by atomic mass is 10.0. The topological polar surface area (TPSA) is 98.7 Å². The SMILES string of the molecule is CCCCCC[C@@H](O)CCCCCCCCCCC(=O)NCCNC(=O)CCCCCCCCCC[C@@H](O)CCCCCC. The number of carbonyl (C=O) groups is 2. The molecule has 0 spiro atoms. The highest BCUT2D eigenvalue weighted by Gasteiger charge is 2.06. The largest absolute Gasteiger partial charge is 0.393 e. The smallest absolute Gasteiger partial charge is 0.220 e. The maximum Gasteiger partial charge on any atom is 0.220 e. The Morgan fingerprint density at radius 3 is 0.955 bits per heavy atom. The van der Waals surface area contributed by atoms with Crippen molar-refractivity contribution in [2.45, 2.75) is 219 Å². The summed E-state index contributed by atoms with van der Waals surface area (Å²) in [7, 11) is 0. The number of unbranched alkanes of at least 4 members (excludes halogenated alkanes) is 20. The van der Waals surface area contributed by atoms with E-state index in [4.69, 9.17) is 0 Å². The Bertz CT molecular complexity index is 564. The highest BCUT2D eigenvalue weighted by atomic mass is 16.3. The van der Waals surface area contributed by atoms with E-state index >= 15 is 0 Å². The van der Waals surface area contributed by atoms with Crippen molar-refractivity contribution >= 4 is 11.8 Å². The molecule has 0 aromatic carbocycles. The van der Waals surface area contributed by atoms with Crippen LogP contribution in [0.1, 0.15) is 206 Å². The van der Waals surface area contributed by atoms with E-state index in [1.54, 1.807) is 0 Å². The monoisotopic (exact) mass is 625 g/mol. The highest BCUT2D eigenvalue weighted by molar-refractivity contribution is 5.77. The Balaban J connectivity index is 3.35. The van der Waals surface area contributed by atoms with E-state index < -0.39 is 0 Å². The first-order valence-electron chi connectivity index (χ1n) is 19.4. The fraction of sp³-hybridized carbons (Fsp3) is 0.947. The van der Waals surface area contributed by atoms with Crippen molar-refractivity contribution in [2.75, 3.05) is 13.1 Å². The van der Waals surface area contributed by atoms with Crippen LogP contribution in [0, 0.1) is 0 Å². The molecule has 0 aliphatic heterocycles. The summed E-state index contributed by atoms with van der Waals surface area (Å²) in [5.74, 6) is 0.178. The normalized spacial score (nSPS) is 12.7. The number of nitrogens with one attached hydrogen (secondary N) is 2. The first-order chi connectivity index (χ1) is 21.5. The zero-order chi connectivity index (χ0) is 32.4. The van der Waals surface area contributed by atoms with Gasteiger partial charge in [0.15, 0.2) is 0 Å². The van der Waals surface area contributed by atoms with Gasteiger partial charge in [-0.2, -0.15) is 0 Å². The van der Waals surface area contributed by atoms with Crippen LogP contribution in [-0.2, 0) is 9.59 Å². The van der Waals surface area contributed by atoms with Gasteiger partial charge in [-0.25, -0.2) is 0 Å². The standard InChI is InChI=1S/C38H76N2O4/c1-3-5-7-21-27-35(41)29-23-17-13-9-11-15-19-25-31-37(43)39-33-34-40-38(44)32-26-20-16-12-10-14-18-24-30-36(42)28-22-8-6-4-2/h35-36,41-42H,3-34H2,1-2H3,(H,39,43)(H,40,44)/t35-,36+. The lowest BCUT2D eigenvalue weighted by Gasteiger charge is -2.10. The molecule has 2 amide bonds. The third kappa shape index (κ3) is 33.7. The van der Waals surface area contributed by atoms with Crippen molar-refractivity contribution < 1.29 is 19.8 Å². The summed E-state index contributed by atoms with van der Waals surface area (Å²) in [5.41, 5.74) is 0. The first kappa shape index (κ1) is 42.9. The van der Waals surface area contributed by atoms with Crippen molar-refractivity contribution in [3.05, 3.63) is 0 Å². The maximum absolute atomic E-state index is 12.0. The number of hydrogen-bond acceptors (Lipinski definition) is 4. The Morgan fingerprint density at radius 1 is 0.409 bits per heavy atom. The minimum absolute atomic E-state index is 0.0890. The molecule has 0 aromatic heterocycles. The Labute approximate surface area is 273 Å². The maximum atomic E-state index is 12.0. The fourth-order valence-electron chi connectivity index (χ4n) is 5.94. The molecule has 0 aromatic rings. The zero-order valence-electron chi connectivity index (χ0n) is 29.5. The average Bonchev–Trinajstić information content (AvgIpc) is 3.01. The molecule has 0 aliphatic rings. The van der Waals surface area contributed by atoms with Gasteiger partial charge in [-0.3, -0.25) is 9.59 Å². The Hall–Kier alpha value is -1.14. The minimum atomic E-state index is -0.0998. The number of amides is 2. The second-order valence-corrected chi connectivity index (χ2v) is 13.4. The van der Waals surface area contributed by atoms with Crippen LogP contribution < -0.4 is 10.6 Å². The molecular weight excluding hydrogens is 548 g/mol. The van der Waals surface area contributed by atoms with E-state index in [0.717, 1.165) is 64.2 Å². The summed E-state index contributed by atoms with van der Waals surface area (Å²) in [6.45, 7) is 5.45. The number of hydrogen-bond donors (Lipinski definition) is 4. The predicted octanol–water partition coefficient (Wildman–Crippen LogP) is 9.68. The molecule has 0 rings (SSSR count). The van der Waals surface area contributed by atoms with Crippen LogP contribution in [0.2, 0.25) is 0 Å². The number of rotatable bonds is 35. The van der Waals surface area contributed by atoms with Gasteiger partial charge in [0.1, 0.15) is 0 Å². The molecule has 0 saturated carbocycles. The molecule has 6 nitrogen and oxygen atoms in total. The molecule has 44 heavy (non-hydrogen) atoms. The van der Waals surface area contributed by atoms with Crippen molar-refractivity contribution in [1.29, 1.82) is 0 Å². The van der Waals surface area contributed by atoms with E-state index in [1.807, 2.05) is 0 Å². The second kappa shape index (κ2) is 34.7. The predicted molar refractivity (Wildman–Crippen MR) is 188 cm³/mol. The molecule has 0 saturated heterocycles. The first-order valence-corrected chi connectivity index (χ1v) is 19.4. The Kier molecular flexibility index (Phi) is 33.8. The summed E-state index contributed by atoms with van der Waals surface area (Å²) >= 11 is 0. The molecule has 2 atom stereocenters. The number of carbonyl (C=O) groups excluding carboxylic acids is 2.